The Morgan fingerprint density at radius 3 is 1.50 bits per heavy atom. The number of hydrogen-bond acceptors (Lipinski definition) is 1. The van der Waals surface area contributed by atoms with Crippen molar-refractivity contribution in [1.29, 1.82) is 0 Å². The van der Waals surface area contributed by atoms with Crippen molar-refractivity contribution in [3.05, 3.63) is 12.3 Å². The molecule has 1 atom stereocenters. The third-order valence-electron chi connectivity index (χ3n) is 2.47. The maximum Gasteiger partial charge on any atom is 0.122 e. The van der Waals surface area contributed by atoms with Gasteiger partial charge < -0.3 is 3.90 Å². The minimum Gasteiger partial charge on any atom is -0.368 e. The van der Waals surface area contributed by atoms with E-state index in [4.69, 9.17) is 0 Å². The SMILES string of the molecule is C=C[SiH](CC)N([Si](C)(C)C)[Si](C)(C)C. The number of hydrogen-bond donors (Lipinski definition) is 0. The molecule has 0 aliphatic rings. The molecule has 0 aromatic heterocycles. The Hall–Kier alpha value is 0.351. The molecule has 0 bridgehead atoms. The monoisotopic (exact) mass is 245 g/mol. The highest BCUT2D eigenvalue weighted by atomic mass is 28.5. The summed E-state index contributed by atoms with van der Waals surface area (Å²) < 4.78 is 2.95. The second-order valence-corrected chi connectivity index (χ2v) is 20.0. The van der Waals surface area contributed by atoms with E-state index in [0.29, 0.717) is 0 Å². The Balaban J connectivity index is 5.00. The summed E-state index contributed by atoms with van der Waals surface area (Å²) in [4.78, 5) is 0. The van der Waals surface area contributed by atoms with E-state index in [1.54, 1.807) is 0 Å². The molecular weight excluding hydrogens is 218 g/mol. The zero-order chi connectivity index (χ0) is 11.6. The van der Waals surface area contributed by atoms with E-state index in [0.717, 1.165) is 0 Å². The van der Waals surface area contributed by atoms with Crippen molar-refractivity contribution >= 4 is 25.4 Å². The van der Waals surface area contributed by atoms with Gasteiger partial charge in [-0.05, 0) is 6.04 Å². The van der Waals surface area contributed by atoms with Gasteiger partial charge in [-0.2, -0.15) is 0 Å². The van der Waals surface area contributed by atoms with Gasteiger partial charge in [-0.15, -0.1) is 6.58 Å². The van der Waals surface area contributed by atoms with E-state index in [1.807, 2.05) is 0 Å². The Bertz CT molecular complexity index is 177. The van der Waals surface area contributed by atoms with Crippen molar-refractivity contribution in [2.75, 3.05) is 0 Å². The molecule has 4 heteroatoms. The molecule has 0 fully saturated rings. The fraction of sp³-hybridized carbons (Fsp3) is 0.800. The largest absolute Gasteiger partial charge is 0.368 e. The second kappa shape index (κ2) is 4.92. The molecule has 0 heterocycles. The normalized spacial score (nSPS) is 15.7. The molecule has 0 spiro atoms. The van der Waals surface area contributed by atoms with E-state index in [2.05, 4.69) is 62.4 Å². The van der Waals surface area contributed by atoms with Crippen LogP contribution in [-0.2, 0) is 0 Å². The summed E-state index contributed by atoms with van der Waals surface area (Å²) in [5.41, 5.74) is 2.27. The highest BCUT2D eigenvalue weighted by molar-refractivity contribution is 7.00. The van der Waals surface area contributed by atoms with Crippen LogP contribution < -0.4 is 0 Å². The van der Waals surface area contributed by atoms with Gasteiger partial charge in [-0.25, -0.2) is 0 Å². The summed E-state index contributed by atoms with van der Waals surface area (Å²) in [6.07, 6.45) is 0. The van der Waals surface area contributed by atoms with E-state index in [9.17, 15) is 0 Å². The van der Waals surface area contributed by atoms with Gasteiger partial charge in [0, 0.05) is 0 Å². The summed E-state index contributed by atoms with van der Waals surface area (Å²) in [6, 6.07) is 1.33. The van der Waals surface area contributed by atoms with Crippen LogP contribution in [0.5, 0.6) is 0 Å². The minimum atomic E-state index is -1.14. The zero-order valence-corrected chi connectivity index (χ0v) is 14.2. The molecule has 0 N–H and O–H groups in total. The van der Waals surface area contributed by atoms with Gasteiger partial charge >= 0.3 is 0 Å². The first-order chi connectivity index (χ1) is 6.14. The van der Waals surface area contributed by atoms with Crippen LogP contribution in [0.2, 0.25) is 45.3 Å². The first-order valence-corrected chi connectivity index (χ1v) is 14.5. The van der Waals surface area contributed by atoms with Gasteiger partial charge in [0.2, 0.25) is 0 Å². The molecule has 1 nitrogen and oxygen atoms in total. The lowest BCUT2D eigenvalue weighted by Gasteiger charge is -2.47. The fourth-order valence-corrected chi connectivity index (χ4v) is 21.1. The number of nitrogens with zero attached hydrogens (tertiary/aromatic N) is 1. The van der Waals surface area contributed by atoms with Gasteiger partial charge in [0.25, 0.3) is 0 Å². The molecule has 1 unspecified atom stereocenters. The van der Waals surface area contributed by atoms with E-state index in [-0.39, 0.29) is 0 Å². The molecule has 0 rings (SSSR count). The Labute approximate surface area is 94.1 Å². The van der Waals surface area contributed by atoms with Gasteiger partial charge in [-0.1, -0.05) is 51.9 Å². The van der Waals surface area contributed by atoms with Gasteiger partial charge in [0.05, 0.1) is 0 Å². The Morgan fingerprint density at radius 2 is 1.43 bits per heavy atom. The molecule has 84 valence electrons. The van der Waals surface area contributed by atoms with Crippen molar-refractivity contribution in [2.45, 2.75) is 52.2 Å². The zero-order valence-electron chi connectivity index (χ0n) is 11.0. The van der Waals surface area contributed by atoms with E-state index in [1.165, 1.54) is 6.04 Å². The van der Waals surface area contributed by atoms with Crippen LogP contribution in [0.4, 0.5) is 0 Å². The summed E-state index contributed by atoms with van der Waals surface area (Å²) in [5, 5.41) is 0. The maximum absolute atomic E-state index is 4.04. The number of rotatable bonds is 5. The summed E-state index contributed by atoms with van der Waals surface area (Å²) in [5.74, 6) is 0. The van der Waals surface area contributed by atoms with Gasteiger partial charge in [0.15, 0.2) is 0 Å². The third-order valence-corrected chi connectivity index (χ3v) is 18.1. The van der Waals surface area contributed by atoms with Crippen molar-refractivity contribution in [1.82, 2.24) is 3.90 Å². The van der Waals surface area contributed by atoms with Gasteiger partial charge in [0.1, 0.15) is 25.4 Å². The van der Waals surface area contributed by atoms with Crippen molar-refractivity contribution in [3.8, 4) is 0 Å². The van der Waals surface area contributed by atoms with Crippen LogP contribution in [0.15, 0.2) is 12.3 Å². The lowest BCUT2D eigenvalue weighted by Crippen LogP contribution is -2.64. The molecule has 14 heavy (non-hydrogen) atoms. The average Bonchev–Trinajstić information content (AvgIpc) is 1.94. The third kappa shape index (κ3) is 3.84. The van der Waals surface area contributed by atoms with Crippen LogP contribution in [0.25, 0.3) is 0 Å². The summed E-state index contributed by atoms with van der Waals surface area (Å²) in [6.45, 7) is 21.2. The smallest absolute Gasteiger partial charge is 0.122 e. The molecule has 0 aromatic carbocycles. The summed E-state index contributed by atoms with van der Waals surface area (Å²) in [7, 11) is -3.12. The van der Waals surface area contributed by atoms with E-state index < -0.39 is 25.4 Å². The van der Waals surface area contributed by atoms with E-state index >= 15 is 0 Å². The predicted molar refractivity (Wildman–Crippen MR) is 76.4 cm³/mol. The minimum absolute atomic E-state index is 0.836. The highest BCUT2D eigenvalue weighted by Gasteiger charge is 2.37. The van der Waals surface area contributed by atoms with Gasteiger partial charge in [-0.3, -0.25) is 0 Å². The lowest BCUT2D eigenvalue weighted by molar-refractivity contribution is 0.922. The maximum atomic E-state index is 4.04. The molecule has 0 aliphatic carbocycles. The standard InChI is InChI=1S/C10H27NSi3/c1-9-12(10-2)11(13(3,4)5)14(6,7)8/h9,12H,1,10H2,2-8H3. The molecule has 0 aliphatic heterocycles. The van der Waals surface area contributed by atoms with Crippen LogP contribution in [0.1, 0.15) is 6.92 Å². The molecule has 0 amide bonds. The Kier molecular flexibility index (Phi) is 5.04. The van der Waals surface area contributed by atoms with Crippen molar-refractivity contribution in [2.24, 2.45) is 0 Å². The van der Waals surface area contributed by atoms with Crippen molar-refractivity contribution < 1.29 is 0 Å². The highest BCUT2D eigenvalue weighted by Crippen LogP contribution is 2.23. The lowest BCUT2D eigenvalue weighted by atomic mass is 11.0. The Morgan fingerprint density at radius 1 is 1.07 bits per heavy atom. The molecular formula is C10H27NSi3. The quantitative estimate of drug-likeness (QED) is 0.671. The van der Waals surface area contributed by atoms with Crippen LogP contribution in [-0.4, -0.2) is 29.3 Å². The topological polar surface area (TPSA) is 3.24 Å². The van der Waals surface area contributed by atoms with Crippen LogP contribution >= 0.6 is 0 Å². The predicted octanol–water partition coefficient (Wildman–Crippen LogP) is 3.43. The summed E-state index contributed by atoms with van der Waals surface area (Å²) >= 11 is 0. The first-order valence-electron chi connectivity index (χ1n) is 5.56. The molecule has 0 aromatic rings. The second-order valence-electron chi connectivity index (χ2n) is 5.92. The first kappa shape index (κ1) is 14.4. The molecule has 0 radical (unpaired) electrons. The molecule has 0 saturated heterocycles. The average molecular weight is 246 g/mol. The fourth-order valence-electron chi connectivity index (χ4n) is 2.46. The van der Waals surface area contributed by atoms with Crippen LogP contribution in [0, 0.1) is 0 Å². The van der Waals surface area contributed by atoms with Crippen LogP contribution in [0.3, 0.4) is 0 Å². The molecule has 0 saturated carbocycles. The van der Waals surface area contributed by atoms with Crippen molar-refractivity contribution in [3.63, 3.8) is 0 Å².